The smallest absolute Gasteiger partial charge is 0.341 e. The normalized spacial score (nSPS) is 17.5. The van der Waals surface area contributed by atoms with Crippen LogP contribution >= 0.6 is 0 Å². The Morgan fingerprint density at radius 1 is 1.17 bits per heavy atom. The quantitative estimate of drug-likeness (QED) is 0.606. The van der Waals surface area contributed by atoms with E-state index in [2.05, 4.69) is 15.2 Å². The van der Waals surface area contributed by atoms with Crippen molar-refractivity contribution in [3.8, 4) is 11.6 Å². The highest BCUT2D eigenvalue weighted by atomic mass is 19.1. The topological polar surface area (TPSA) is 119 Å². The molecule has 180 valence electrons. The summed E-state index contributed by atoms with van der Waals surface area (Å²) in [4.78, 5) is 30.4. The first-order valence-corrected chi connectivity index (χ1v) is 11.2. The van der Waals surface area contributed by atoms with Crippen molar-refractivity contribution in [1.82, 2.24) is 24.7 Å². The standard InChI is InChI=1S/C24H24FN7O3/c1-14-22(23(26)33)15(2)31(29-14)21-10-20(18(25)11-27-21)35-17-12-30(13-17)24(34)32-19(8-9-28-32)16-6-4-3-5-7-16/h3-7,9-11,17,19H,8,12-13H2,1-2H3,(H2,26,33). The van der Waals surface area contributed by atoms with E-state index >= 15 is 0 Å². The number of likely N-dealkylation sites (tertiary alicyclic amines) is 1. The molecule has 0 radical (unpaired) electrons. The molecular weight excluding hydrogens is 453 g/mol. The fraction of sp³-hybridized carbons (Fsp3) is 0.292. The molecule has 11 heteroatoms. The molecule has 0 spiro atoms. The van der Waals surface area contributed by atoms with Gasteiger partial charge in [0.15, 0.2) is 17.4 Å². The Balaban J connectivity index is 1.26. The van der Waals surface area contributed by atoms with Crippen molar-refractivity contribution < 1.29 is 18.7 Å². The van der Waals surface area contributed by atoms with Gasteiger partial charge in [-0.2, -0.15) is 10.2 Å². The van der Waals surface area contributed by atoms with Crippen LogP contribution < -0.4 is 10.5 Å². The molecular formula is C24H24FN7O3. The van der Waals surface area contributed by atoms with Crippen LogP contribution in [0.1, 0.15) is 39.8 Å². The summed E-state index contributed by atoms with van der Waals surface area (Å²) < 4.78 is 21.7. The highest BCUT2D eigenvalue weighted by molar-refractivity contribution is 5.95. The molecule has 0 aliphatic carbocycles. The molecule has 4 heterocycles. The first kappa shape index (κ1) is 22.5. The third-order valence-electron chi connectivity index (χ3n) is 6.18. The van der Waals surface area contributed by atoms with Crippen LogP contribution in [0.4, 0.5) is 9.18 Å². The van der Waals surface area contributed by atoms with Crippen molar-refractivity contribution >= 4 is 18.2 Å². The predicted octanol–water partition coefficient (Wildman–Crippen LogP) is 2.74. The molecule has 2 aromatic heterocycles. The maximum Gasteiger partial charge on any atom is 0.341 e. The summed E-state index contributed by atoms with van der Waals surface area (Å²) in [5.41, 5.74) is 7.70. The summed E-state index contributed by atoms with van der Waals surface area (Å²) in [6, 6.07) is 10.8. The Bertz CT molecular complexity index is 1320. The highest BCUT2D eigenvalue weighted by Gasteiger charge is 2.39. The number of hydrogen-bond donors (Lipinski definition) is 1. The molecule has 5 rings (SSSR count). The Labute approximate surface area is 200 Å². The van der Waals surface area contributed by atoms with Crippen molar-refractivity contribution in [2.45, 2.75) is 32.4 Å². The van der Waals surface area contributed by atoms with Crippen LogP contribution in [0.25, 0.3) is 5.82 Å². The van der Waals surface area contributed by atoms with E-state index in [0.29, 0.717) is 42.3 Å². The van der Waals surface area contributed by atoms with Gasteiger partial charge in [0, 0.05) is 18.7 Å². The zero-order valence-electron chi connectivity index (χ0n) is 19.3. The summed E-state index contributed by atoms with van der Waals surface area (Å²) in [5.74, 6) is -0.954. The second kappa shape index (κ2) is 8.82. The van der Waals surface area contributed by atoms with Gasteiger partial charge >= 0.3 is 6.03 Å². The van der Waals surface area contributed by atoms with Crippen LogP contribution in [0.15, 0.2) is 47.7 Å². The molecule has 2 aliphatic rings. The number of urea groups is 1. The van der Waals surface area contributed by atoms with Gasteiger partial charge in [0.1, 0.15) is 6.10 Å². The van der Waals surface area contributed by atoms with Crippen molar-refractivity contribution in [3.05, 3.63) is 70.9 Å². The number of rotatable bonds is 5. The lowest BCUT2D eigenvalue weighted by atomic mass is 10.0. The summed E-state index contributed by atoms with van der Waals surface area (Å²) >= 11 is 0. The second-order valence-corrected chi connectivity index (χ2v) is 8.53. The summed E-state index contributed by atoms with van der Waals surface area (Å²) in [7, 11) is 0. The van der Waals surface area contributed by atoms with Crippen LogP contribution in [-0.2, 0) is 0 Å². The van der Waals surface area contributed by atoms with Crippen LogP contribution in [0.5, 0.6) is 5.75 Å². The number of carbonyl (C=O) groups is 2. The molecule has 10 nitrogen and oxygen atoms in total. The number of carbonyl (C=O) groups excluding carboxylic acids is 2. The van der Waals surface area contributed by atoms with Gasteiger partial charge in [-0.15, -0.1) is 0 Å². The monoisotopic (exact) mass is 477 g/mol. The van der Waals surface area contributed by atoms with Gasteiger partial charge < -0.3 is 15.4 Å². The number of hydrazone groups is 1. The first-order chi connectivity index (χ1) is 16.8. The molecule has 35 heavy (non-hydrogen) atoms. The summed E-state index contributed by atoms with van der Waals surface area (Å²) in [5, 5.41) is 10.0. The number of pyridine rings is 1. The van der Waals surface area contributed by atoms with Gasteiger partial charge in [-0.3, -0.25) is 4.79 Å². The van der Waals surface area contributed by atoms with E-state index in [1.807, 2.05) is 30.3 Å². The molecule has 1 saturated heterocycles. The Morgan fingerprint density at radius 3 is 2.60 bits per heavy atom. The molecule has 1 fully saturated rings. The SMILES string of the molecule is Cc1nn(-c2cc(OC3CN(C(=O)N4N=CCC4c4ccccc4)C3)c(F)cn2)c(C)c1C(N)=O. The number of nitrogens with two attached hydrogens (primary N) is 1. The maximum absolute atomic E-state index is 14.5. The van der Waals surface area contributed by atoms with Gasteiger partial charge in [-0.1, -0.05) is 30.3 Å². The van der Waals surface area contributed by atoms with E-state index in [-0.39, 0.29) is 23.9 Å². The number of aryl methyl sites for hydroxylation is 1. The molecule has 0 bridgehead atoms. The lowest BCUT2D eigenvalue weighted by Crippen LogP contribution is -2.58. The van der Waals surface area contributed by atoms with E-state index in [4.69, 9.17) is 10.5 Å². The number of halogens is 1. The summed E-state index contributed by atoms with van der Waals surface area (Å²) in [6.45, 7) is 3.95. The number of amides is 3. The third-order valence-corrected chi connectivity index (χ3v) is 6.18. The van der Waals surface area contributed by atoms with Crippen molar-refractivity contribution in [2.75, 3.05) is 13.1 Å². The molecule has 2 aliphatic heterocycles. The van der Waals surface area contributed by atoms with Crippen LogP contribution in [0.3, 0.4) is 0 Å². The minimum atomic E-state index is -0.636. The average molecular weight is 478 g/mol. The zero-order chi connectivity index (χ0) is 24.7. The largest absolute Gasteiger partial charge is 0.483 e. The van der Waals surface area contributed by atoms with Gasteiger partial charge in [0.25, 0.3) is 5.91 Å². The van der Waals surface area contributed by atoms with Crippen molar-refractivity contribution in [1.29, 1.82) is 0 Å². The highest BCUT2D eigenvalue weighted by Crippen LogP contribution is 2.31. The molecule has 1 atom stereocenters. The average Bonchev–Trinajstić information content (AvgIpc) is 3.41. The molecule has 2 N–H and O–H groups in total. The number of aromatic nitrogens is 3. The predicted molar refractivity (Wildman–Crippen MR) is 125 cm³/mol. The summed E-state index contributed by atoms with van der Waals surface area (Å²) in [6.07, 6.45) is 3.04. The lowest BCUT2D eigenvalue weighted by Gasteiger charge is -2.41. The molecule has 0 saturated carbocycles. The Hall–Kier alpha value is -4.28. The maximum atomic E-state index is 14.5. The molecule has 1 aromatic carbocycles. The fourth-order valence-corrected chi connectivity index (χ4v) is 4.38. The minimum absolute atomic E-state index is 0.0124. The van der Waals surface area contributed by atoms with E-state index in [9.17, 15) is 14.0 Å². The van der Waals surface area contributed by atoms with Crippen LogP contribution in [-0.4, -0.2) is 62.0 Å². The number of ether oxygens (including phenoxy) is 1. The Kier molecular flexibility index (Phi) is 5.67. The first-order valence-electron chi connectivity index (χ1n) is 11.2. The fourth-order valence-electron chi connectivity index (χ4n) is 4.38. The Morgan fingerprint density at radius 2 is 1.91 bits per heavy atom. The zero-order valence-corrected chi connectivity index (χ0v) is 19.3. The number of nitrogens with zero attached hydrogens (tertiary/aromatic N) is 6. The van der Waals surface area contributed by atoms with E-state index in [0.717, 1.165) is 11.8 Å². The van der Waals surface area contributed by atoms with Crippen molar-refractivity contribution in [2.24, 2.45) is 10.8 Å². The van der Waals surface area contributed by atoms with Gasteiger partial charge in [0.05, 0.1) is 42.3 Å². The molecule has 1 unspecified atom stereocenters. The van der Waals surface area contributed by atoms with E-state index < -0.39 is 11.7 Å². The van der Waals surface area contributed by atoms with Crippen LogP contribution in [0.2, 0.25) is 0 Å². The van der Waals surface area contributed by atoms with Gasteiger partial charge in [-0.25, -0.2) is 23.9 Å². The third kappa shape index (κ3) is 4.09. The number of benzene rings is 1. The molecule has 3 amide bonds. The number of hydrogen-bond acceptors (Lipinski definition) is 6. The van der Waals surface area contributed by atoms with Gasteiger partial charge in [-0.05, 0) is 19.4 Å². The van der Waals surface area contributed by atoms with E-state index in [1.165, 1.54) is 15.8 Å². The van der Waals surface area contributed by atoms with Gasteiger partial charge in [0.2, 0.25) is 0 Å². The minimum Gasteiger partial charge on any atom is -0.483 e. The lowest BCUT2D eigenvalue weighted by molar-refractivity contribution is 0.0256. The van der Waals surface area contributed by atoms with Crippen LogP contribution in [0, 0.1) is 19.7 Å². The van der Waals surface area contributed by atoms with Crippen molar-refractivity contribution in [3.63, 3.8) is 0 Å². The number of primary amides is 1. The van der Waals surface area contributed by atoms with E-state index in [1.54, 1.807) is 25.0 Å². The second-order valence-electron chi connectivity index (χ2n) is 8.53. The molecule has 3 aromatic rings.